The van der Waals surface area contributed by atoms with Gasteiger partial charge < -0.3 is 19.5 Å². The first-order valence-electron chi connectivity index (χ1n) is 13.8. The van der Waals surface area contributed by atoms with Crippen LogP contribution in [-0.4, -0.2) is 47.6 Å². The molecule has 0 unspecified atom stereocenters. The Labute approximate surface area is 229 Å². The minimum absolute atomic E-state index is 0.00468. The van der Waals surface area contributed by atoms with Crippen molar-refractivity contribution >= 4 is 17.5 Å². The zero-order valence-corrected chi connectivity index (χ0v) is 22.2. The highest BCUT2D eigenvalue weighted by molar-refractivity contribution is 6.34. The van der Waals surface area contributed by atoms with Gasteiger partial charge in [0.05, 0.1) is 35.6 Å². The molecule has 0 aliphatic carbocycles. The molecule has 3 aliphatic heterocycles. The standard InChI is InChI=1S/C32H34N2O5/c1-21-28(19-33-16-5-2-6-17-33)38-32(39-29(21)23-14-12-22(20-35)13-15-23)24-8-7-9-25(18-24)34-30(36)26-10-3-4-11-27(26)31(34)37/h3-4,7-15,18,21,28-29,32,35H,2,5-6,16-17,19-20H2,1H3/t21-,28+,29+,32+/m0/s1. The maximum absolute atomic E-state index is 13.1. The summed E-state index contributed by atoms with van der Waals surface area (Å²) in [5.74, 6) is -0.545. The number of imide groups is 1. The number of nitrogens with zero attached hydrogens (tertiary/aromatic N) is 2. The second kappa shape index (κ2) is 11.0. The molecule has 1 N–H and O–H groups in total. The third kappa shape index (κ3) is 5.03. The Morgan fingerprint density at radius 1 is 0.821 bits per heavy atom. The highest BCUT2D eigenvalue weighted by Crippen LogP contribution is 2.43. The van der Waals surface area contributed by atoms with E-state index in [9.17, 15) is 14.7 Å². The van der Waals surface area contributed by atoms with E-state index in [-0.39, 0.29) is 36.5 Å². The quantitative estimate of drug-likeness (QED) is 0.442. The van der Waals surface area contributed by atoms with Crippen molar-refractivity contribution < 1.29 is 24.2 Å². The van der Waals surface area contributed by atoms with Gasteiger partial charge in [-0.1, -0.05) is 61.9 Å². The lowest BCUT2D eigenvalue weighted by Crippen LogP contribution is -2.45. The average Bonchev–Trinajstić information content (AvgIpc) is 3.24. The van der Waals surface area contributed by atoms with Crippen molar-refractivity contribution in [2.45, 2.75) is 51.3 Å². The maximum Gasteiger partial charge on any atom is 0.266 e. The molecule has 4 atom stereocenters. The molecule has 0 saturated carbocycles. The normalized spacial score (nSPS) is 25.6. The number of fused-ring (bicyclic) bond motifs is 1. The van der Waals surface area contributed by atoms with Gasteiger partial charge in [0.15, 0.2) is 6.29 Å². The van der Waals surface area contributed by atoms with Gasteiger partial charge in [0.25, 0.3) is 11.8 Å². The summed E-state index contributed by atoms with van der Waals surface area (Å²) in [6.07, 6.45) is 2.74. The summed E-state index contributed by atoms with van der Waals surface area (Å²) in [4.78, 5) is 30.0. The number of ether oxygens (including phenoxy) is 2. The van der Waals surface area contributed by atoms with E-state index in [1.807, 2.05) is 42.5 Å². The first kappa shape index (κ1) is 25.9. The zero-order valence-electron chi connectivity index (χ0n) is 22.2. The summed E-state index contributed by atoms with van der Waals surface area (Å²) < 4.78 is 13.2. The van der Waals surface area contributed by atoms with Crippen LogP contribution in [0.1, 0.15) is 76.0 Å². The van der Waals surface area contributed by atoms with E-state index in [2.05, 4.69) is 11.8 Å². The largest absolute Gasteiger partial charge is 0.392 e. The van der Waals surface area contributed by atoms with Crippen LogP contribution < -0.4 is 4.90 Å². The van der Waals surface area contributed by atoms with Gasteiger partial charge in [-0.25, -0.2) is 4.90 Å². The highest BCUT2D eigenvalue weighted by Gasteiger charge is 2.40. The molecule has 0 spiro atoms. The van der Waals surface area contributed by atoms with Crippen LogP contribution >= 0.6 is 0 Å². The number of aliphatic hydroxyl groups is 1. The lowest BCUT2D eigenvalue weighted by atomic mass is 9.89. The van der Waals surface area contributed by atoms with Crippen molar-refractivity contribution in [2.24, 2.45) is 5.92 Å². The fraction of sp³-hybridized carbons (Fsp3) is 0.375. The lowest BCUT2D eigenvalue weighted by molar-refractivity contribution is -0.276. The van der Waals surface area contributed by atoms with Crippen molar-refractivity contribution in [1.29, 1.82) is 0 Å². The first-order valence-corrected chi connectivity index (χ1v) is 13.8. The minimum atomic E-state index is -0.659. The number of anilines is 1. The summed E-state index contributed by atoms with van der Waals surface area (Å²) in [6.45, 7) is 5.14. The molecule has 2 amide bonds. The minimum Gasteiger partial charge on any atom is -0.392 e. The van der Waals surface area contributed by atoms with E-state index in [1.165, 1.54) is 24.2 Å². The van der Waals surface area contributed by atoms with Crippen LogP contribution in [0.5, 0.6) is 0 Å². The number of benzene rings is 3. The number of rotatable bonds is 6. The zero-order chi connectivity index (χ0) is 26.9. The van der Waals surface area contributed by atoms with E-state index in [4.69, 9.17) is 9.47 Å². The van der Waals surface area contributed by atoms with Crippen LogP contribution in [0.4, 0.5) is 5.69 Å². The lowest BCUT2D eigenvalue weighted by Gasteiger charge is -2.43. The average molecular weight is 527 g/mol. The summed E-state index contributed by atoms with van der Waals surface area (Å²) in [5.41, 5.74) is 3.99. The number of aliphatic hydroxyl groups excluding tert-OH is 1. The van der Waals surface area contributed by atoms with Gasteiger partial charge >= 0.3 is 0 Å². The van der Waals surface area contributed by atoms with Crippen LogP contribution in [0, 0.1) is 5.92 Å². The molecule has 2 saturated heterocycles. The molecule has 0 bridgehead atoms. The van der Waals surface area contributed by atoms with Crippen LogP contribution in [0.25, 0.3) is 0 Å². The fourth-order valence-electron chi connectivity index (χ4n) is 5.96. The second-order valence-electron chi connectivity index (χ2n) is 10.8. The van der Waals surface area contributed by atoms with Crippen LogP contribution in [0.3, 0.4) is 0 Å². The monoisotopic (exact) mass is 526 g/mol. The summed E-state index contributed by atoms with van der Waals surface area (Å²) in [5, 5.41) is 9.51. The van der Waals surface area contributed by atoms with Gasteiger partial charge in [-0.2, -0.15) is 0 Å². The van der Waals surface area contributed by atoms with Gasteiger partial charge in [-0.3, -0.25) is 9.59 Å². The third-order valence-corrected chi connectivity index (χ3v) is 8.20. The number of carbonyl (C=O) groups is 2. The first-order chi connectivity index (χ1) is 19.0. The predicted molar refractivity (Wildman–Crippen MR) is 147 cm³/mol. The fourth-order valence-corrected chi connectivity index (χ4v) is 5.96. The van der Waals surface area contributed by atoms with Gasteiger partial charge in [0, 0.05) is 18.0 Å². The molecule has 7 heteroatoms. The Morgan fingerprint density at radius 2 is 1.51 bits per heavy atom. The molecular weight excluding hydrogens is 492 g/mol. The van der Waals surface area contributed by atoms with Crippen LogP contribution in [-0.2, 0) is 16.1 Å². The Hall–Kier alpha value is -3.36. The highest BCUT2D eigenvalue weighted by atomic mass is 16.7. The molecule has 202 valence electrons. The molecule has 3 aromatic carbocycles. The predicted octanol–water partition coefficient (Wildman–Crippen LogP) is 5.26. The number of hydrogen-bond acceptors (Lipinski definition) is 6. The van der Waals surface area contributed by atoms with Crippen LogP contribution in [0.2, 0.25) is 0 Å². The summed E-state index contributed by atoms with van der Waals surface area (Å²) >= 11 is 0. The molecule has 2 fully saturated rings. The second-order valence-corrected chi connectivity index (χ2v) is 10.8. The molecule has 7 nitrogen and oxygen atoms in total. The van der Waals surface area contributed by atoms with Crippen molar-refractivity contribution in [3.05, 3.63) is 101 Å². The van der Waals surface area contributed by atoms with E-state index < -0.39 is 6.29 Å². The Balaban J connectivity index is 1.30. The topological polar surface area (TPSA) is 79.3 Å². The third-order valence-electron chi connectivity index (χ3n) is 8.20. The van der Waals surface area contributed by atoms with E-state index in [0.29, 0.717) is 16.8 Å². The van der Waals surface area contributed by atoms with Crippen molar-refractivity contribution in [1.82, 2.24) is 4.90 Å². The van der Waals surface area contributed by atoms with Gasteiger partial charge in [-0.05, 0) is 61.3 Å². The van der Waals surface area contributed by atoms with Gasteiger partial charge in [-0.15, -0.1) is 0 Å². The summed E-state index contributed by atoms with van der Waals surface area (Å²) in [7, 11) is 0. The Kier molecular flexibility index (Phi) is 7.32. The number of piperidine rings is 1. The molecule has 39 heavy (non-hydrogen) atoms. The Morgan fingerprint density at radius 3 is 2.18 bits per heavy atom. The maximum atomic E-state index is 13.1. The molecule has 0 aromatic heterocycles. The molecule has 3 aliphatic rings. The van der Waals surface area contributed by atoms with Crippen molar-refractivity contribution in [3.63, 3.8) is 0 Å². The van der Waals surface area contributed by atoms with E-state index >= 15 is 0 Å². The van der Waals surface area contributed by atoms with E-state index in [0.717, 1.165) is 36.3 Å². The van der Waals surface area contributed by atoms with E-state index in [1.54, 1.807) is 30.3 Å². The summed E-state index contributed by atoms with van der Waals surface area (Å²) in [6, 6.07) is 22.2. The molecule has 3 aromatic rings. The molecule has 3 heterocycles. The number of likely N-dealkylation sites (tertiary alicyclic amines) is 1. The number of hydrogen-bond donors (Lipinski definition) is 1. The van der Waals surface area contributed by atoms with Crippen LogP contribution in [0.15, 0.2) is 72.8 Å². The Bertz CT molecular complexity index is 1320. The SMILES string of the molecule is C[C@H]1[C@@H](CN2CCCCC2)O[C@@H](c2cccc(N3C(=O)c4ccccc4C3=O)c2)O[C@H]1c1ccc(CO)cc1. The molecule has 6 rings (SSSR count). The number of carbonyl (C=O) groups excluding carboxylic acids is 2. The molecular formula is C32H34N2O5. The molecule has 0 radical (unpaired) electrons. The van der Waals surface area contributed by atoms with Gasteiger partial charge in [0.1, 0.15) is 0 Å². The smallest absolute Gasteiger partial charge is 0.266 e. The number of amides is 2. The van der Waals surface area contributed by atoms with Gasteiger partial charge in [0.2, 0.25) is 0 Å². The van der Waals surface area contributed by atoms with Crippen molar-refractivity contribution in [2.75, 3.05) is 24.5 Å². The van der Waals surface area contributed by atoms with Crippen molar-refractivity contribution in [3.8, 4) is 0 Å².